The molecule has 0 saturated heterocycles. The topological polar surface area (TPSA) is 49.4 Å². The molecule has 0 aliphatic carbocycles. The standard InChI is InChI=1S/C9H22N2O2S/c1-8(2)11(7-6-10-5)14(12,13)9(3)4/h8-10H,6-7H2,1-5H3. The van der Waals surface area contributed by atoms with Crippen LogP contribution in [0, 0.1) is 0 Å². The highest BCUT2D eigenvalue weighted by atomic mass is 32.2. The van der Waals surface area contributed by atoms with Gasteiger partial charge in [0.2, 0.25) is 10.0 Å². The van der Waals surface area contributed by atoms with E-state index in [4.69, 9.17) is 0 Å². The van der Waals surface area contributed by atoms with Crippen molar-refractivity contribution >= 4 is 10.0 Å². The molecule has 0 rings (SSSR count). The van der Waals surface area contributed by atoms with E-state index in [1.807, 2.05) is 20.9 Å². The molecule has 5 heteroatoms. The van der Waals surface area contributed by atoms with Crippen molar-refractivity contribution in [1.29, 1.82) is 0 Å². The van der Waals surface area contributed by atoms with Gasteiger partial charge in [-0.25, -0.2) is 8.42 Å². The number of nitrogens with one attached hydrogen (secondary N) is 1. The van der Waals surface area contributed by atoms with Crippen LogP contribution in [-0.2, 0) is 10.0 Å². The van der Waals surface area contributed by atoms with Crippen LogP contribution in [-0.4, -0.2) is 44.2 Å². The number of rotatable bonds is 6. The molecule has 86 valence electrons. The molecule has 0 aromatic heterocycles. The number of hydrogen-bond acceptors (Lipinski definition) is 3. The number of sulfonamides is 1. The van der Waals surface area contributed by atoms with Gasteiger partial charge in [-0.3, -0.25) is 0 Å². The molecule has 0 radical (unpaired) electrons. The lowest BCUT2D eigenvalue weighted by Gasteiger charge is -2.27. The van der Waals surface area contributed by atoms with Crippen LogP contribution < -0.4 is 5.32 Å². The van der Waals surface area contributed by atoms with E-state index in [0.717, 1.165) is 0 Å². The SMILES string of the molecule is CNCCN(C(C)C)S(=O)(=O)C(C)C. The van der Waals surface area contributed by atoms with Crippen molar-refractivity contribution in [2.24, 2.45) is 0 Å². The predicted octanol–water partition coefficient (Wildman–Crippen LogP) is 0.654. The molecule has 1 N–H and O–H groups in total. The van der Waals surface area contributed by atoms with E-state index in [1.54, 1.807) is 18.2 Å². The molecule has 0 heterocycles. The van der Waals surface area contributed by atoms with E-state index in [9.17, 15) is 8.42 Å². The Bertz CT molecular complexity index is 248. The van der Waals surface area contributed by atoms with Gasteiger partial charge >= 0.3 is 0 Å². The van der Waals surface area contributed by atoms with E-state index in [1.165, 1.54) is 0 Å². The maximum atomic E-state index is 11.9. The van der Waals surface area contributed by atoms with Crippen molar-refractivity contribution in [3.8, 4) is 0 Å². The first-order valence-corrected chi connectivity index (χ1v) is 6.49. The van der Waals surface area contributed by atoms with Crippen molar-refractivity contribution < 1.29 is 8.42 Å². The summed E-state index contributed by atoms with van der Waals surface area (Å²) in [6.45, 7) is 8.44. The lowest BCUT2D eigenvalue weighted by Crippen LogP contribution is -2.44. The zero-order chi connectivity index (χ0) is 11.4. The van der Waals surface area contributed by atoms with Gasteiger partial charge in [-0.1, -0.05) is 0 Å². The fourth-order valence-corrected chi connectivity index (χ4v) is 2.65. The second-order valence-electron chi connectivity index (χ2n) is 3.90. The van der Waals surface area contributed by atoms with Gasteiger partial charge < -0.3 is 5.32 Å². The van der Waals surface area contributed by atoms with Gasteiger partial charge in [0.25, 0.3) is 0 Å². The summed E-state index contributed by atoms with van der Waals surface area (Å²) in [7, 11) is -1.30. The normalized spacial score (nSPS) is 13.1. The third kappa shape index (κ3) is 3.55. The fourth-order valence-electron chi connectivity index (χ4n) is 1.17. The van der Waals surface area contributed by atoms with Gasteiger partial charge in [0.05, 0.1) is 5.25 Å². The van der Waals surface area contributed by atoms with Crippen molar-refractivity contribution in [3.05, 3.63) is 0 Å². The molecular formula is C9H22N2O2S. The van der Waals surface area contributed by atoms with Crippen molar-refractivity contribution in [1.82, 2.24) is 9.62 Å². The number of nitrogens with zero attached hydrogens (tertiary/aromatic N) is 1. The van der Waals surface area contributed by atoms with Crippen LogP contribution >= 0.6 is 0 Å². The second-order valence-corrected chi connectivity index (χ2v) is 6.34. The third-order valence-corrected chi connectivity index (χ3v) is 4.53. The Balaban J connectivity index is 4.65. The smallest absolute Gasteiger partial charge is 0.216 e. The number of likely N-dealkylation sites (N-methyl/N-ethyl adjacent to an activating group) is 1. The largest absolute Gasteiger partial charge is 0.318 e. The summed E-state index contributed by atoms with van der Waals surface area (Å²) in [6.07, 6.45) is 0. The Labute approximate surface area is 87.7 Å². The molecule has 14 heavy (non-hydrogen) atoms. The zero-order valence-electron chi connectivity index (χ0n) is 9.74. The molecule has 0 saturated carbocycles. The van der Waals surface area contributed by atoms with Crippen molar-refractivity contribution in [2.75, 3.05) is 20.1 Å². The Kier molecular flexibility index (Phi) is 5.63. The van der Waals surface area contributed by atoms with Gasteiger partial charge in [-0.05, 0) is 34.7 Å². The highest BCUT2D eigenvalue weighted by Crippen LogP contribution is 2.11. The maximum Gasteiger partial charge on any atom is 0.216 e. The van der Waals surface area contributed by atoms with Crippen LogP contribution in [0.5, 0.6) is 0 Å². The summed E-state index contributed by atoms with van der Waals surface area (Å²) in [5.74, 6) is 0. The summed E-state index contributed by atoms with van der Waals surface area (Å²) in [6, 6.07) is 0.0238. The van der Waals surface area contributed by atoms with Gasteiger partial charge in [0.15, 0.2) is 0 Å². The third-order valence-electron chi connectivity index (χ3n) is 2.08. The molecule has 0 atom stereocenters. The zero-order valence-corrected chi connectivity index (χ0v) is 10.6. The molecule has 0 aliphatic heterocycles. The summed E-state index contributed by atoms with van der Waals surface area (Å²) in [4.78, 5) is 0. The van der Waals surface area contributed by atoms with E-state index in [-0.39, 0.29) is 11.3 Å². The van der Waals surface area contributed by atoms with E-state index < -0.39 is 10.0 Å². The van der Waals surface area contributed by atoms with Crippen LogP contribution in [0.15, 0.2) is 0 Å². The predicted molar refractivity (Wildman–Crippen MR) is 59.8 cm³/mol. The van der Waals surface area contributed by atoms with Crippen molar-refractivity contribution in [3.63, 3.8) is 0 Å². The van der Waals surface area contributed by atoms with Crippen LogP contribution in [0.1, 0.15) is 27.7 Å². The van der Waals surface area contributed by atoms with Crippen LogP contribution in [0.3, 0.4) is 0 Å². The maximum absolute atomic E-state index is 11.9. The molecule has 0 unspecified atom stereocenters. The minimum Gasteiger partial charge on any atom is -0.318 e. The molecule has 0 fully saturated rings. The van der Waals surface area contributed by atoms with E-state index in [2.05, 4.69) is 5.32 Å². The lowest BCUT2D eigenvalue weighted by atomic mass is 10.4. The quantitative estimate of drug-likeness (QED) is 0.718. The van der Waals surface area contributed by atoms with Gasteiger partial charge in [-0.15, -0.1) is 0 Å². The molecule has 0 aromatic rings. The second kappa shape index (κ2) is 5.68. The molecule has 0 bridgehead atoms. The highest BCUT2D eigenvalue weighted by Gasteiger charge is 2.27. The van der Waals surface area contributed by atoms with Gasteiger partial charge in [0, 0.05) is 19.1 Å². The first kappa shape index (κ1) is 13.9. The first-order chi connectivity index (χ1) is 6.34. The minimum atomic E-state index is -3.12. The summed E-state index contributed by atoms with van der Waals surface area (Å²) in [5, 5.41) is 2.61. The molecule has 0 aliphatic rings. The van der Waals surface area contributed by atoms with E-state index in [0.29, 0.717) is 13.1 Å². The fraction of sp³-hybridized carbons (Fsp3) is 1.00. The van der Waals surface area contributed by atoms with Crippen LogP contribution in [0.2, 0.25) is 0 Å². The Hall–Kier alpha value is -0.130. The first-order valence-electron chi connectivity index (χ1n) is 4.99. The minimum absolute atomic E-state index is 0.0238. The van der Waals surface area contributed by atoms with E-state index >= 15 is 0 Å². The molecule has 0 spiro atoms. The van der Waals surface area contributed by atoms with Gasteiger partial charge in [-0.2, -0.15) is 4.31 Å². The number of hydrogen-bond donors (Lipinski definition) is 1. The summed E-state index contributed by atoms with van der Waals surface area (Å²) < 4.78 is 25.3. The van der Waals surface area contributed by atoms with Crippen LogP contribution in [0.25, 0.3) is 0 Å². The van der Waals surface area contributed by atoms with Crippen molar-refractivity contribution in [2.45, 2.75) is 39.0 Å². The Morgan fingerprint density at radius 3 is 2.00 bits per heavy atom. The average Bonchev–Trinajstić information content (AvgIpc) is 2.03. The monoisotopic (exact) mass is 222 g/mol. The average molecular weight is 222 g/mol. The molecular weight excluding hydrogens is 200 g/mol. The Morgan fingerprint density at radius 2 is 1.71 bits per heavy atom. The van der Waals surface area contributed by atoms with Gasteiger partial charge in [0.1, 0.15) is 0 Å². The lowest BCUT2D eigenvalue weighted by molar-refractivity contribution is 0.351. The summed E-state index contributed by atoms with van der Waals surface area (Å²) in [5.41, 5.74) is 0. The summed E-state index contributed by atoms with van der Waals surface area (Å²) >= 11 is 0. The van der Waals surface area contributed by atoms with Crippen LogP contribution in [0.4, 0.5) is 0 Å². The molecule has 0 amide bonds. The molecule has 4 nitrogen and oxygen atoms in total. The molecule has 0 aromatic carbocycles. The highest BCUT2D eigenvalue weighted by molar-refractivity contribution is 7.89. The Morgan fingerprint density at radius 1 is 1.21 bits per heavy atom.